The number of imidazole rings is 1. The lowest BCUT2D eigenvalue weighted by Crippen LogP contribution is -3.00. The van der Waals surface area contributed by atoms with E-state index in [1.807, 2.05) is 0 Å². The van der Waals surface area contributed by atoms with Crippen molar-refractivity contribution in [2.45, 2.75) is 41.2 Å². The Labute approximate surface area is 169 Å². The van der Waals surface area contributed by atoms with Crippen LogP contribution in [0.1, 0.15) is 33.6 Å². The normalized spacial score (nSPS) is 10.6. The van der Waals surface area contributed by atoms with E-state index in [1.165, 1.54) is 45.0 Å². The van der Waals surface area contributed by atoms with E-state index in [1.54, 1.807) is 0 Å². The Morgan fingerprint density at radius 3 is 2.11 bits per heavy atom. The highest BCUT2D eigenvalue weighted by Gasteiger charge is 2.21. The van der Waals surface area contributed by atoms with E-state index >= 15 is 0 Å². The summed E-state index contributed by atoms with van der Waals surface area (Å²) in [7, 11) is 4.19. The predicted molar refractivity (Wildman–Crippen MR) is 110 cm³/mol. The Balaban J connectivity index is 0.00000261. The highest BCUT2D eigenvalue weighted by molar-refractivity contribution is 5.62. The number of halogens is 1. The predicted octanol–water partition coefficient (Wildman–Crippen LogP) is 1.43. The van der Waals surface area contributed by atoms with Crippen molar-refractivity contribution in [3.05, 3.63) is 76.4 Å². The second-order valence-corrected chi connectivity index (χ2v) is 7.54. The molecule has 0 fully saturated rings. The van der Waals surface area contributed by atoms with Crippen LogP contribution in [0.5, 0.6) is 0 Å². The lowest BCUT2D eigenvalue weighted by atomic mass is 10.00. The zero-order chi connectivity index (χ0) is 19.0. The van der Waals surface area contributed by atoms with Gasteiger partial charge in [-0.3, -0.25) is 0 Å². The summed E-state index contributed by atoms with van der Waals surface area (Å²) in [5.74, 6) is 0. The van der Waals surface area contributed by atoms with E-state index in [0.717, 1.165) is 6.54 Å². The van der Waals surface area contributed by atoms with Crippen LogP contribution in [0.4, 0.5) is 5.69 Å². The first-order valence-corrected chi connectivity index (χ1v) is 9.21. The third-order valence-corrected chi connectivity index (χ3v) is 5.36. The number of benzene rings is 2. The first-order valence-electron chi connectivity index (χ1n) is 9.21. The molecule has 0 atom stereocenters. The molecule has 0 amide bonds. The van der Waals surface area contributed by atoms with Crippen molar-refractivity contribution >= 4 is 5.69 Å². The SMILES string of the molecule is Cc1cc(C)c(C[n+]2cn(-c3ccccc3N(C)C)c(C)c2C)c(C)c1.[Cl-]. The fraction of sp³-hybridized carbons (Fsp3) is 0.348. The molecule has 0 aliphatic carbocycles. The number of anilines is 1. The van der Waals surface area contributed by atoms with Crippen LogP contribution in [-0.4, -0.2) is 18.7 Å². The molecule has 1 aromatic heterocycles. The van der Waals surface area contributed by atoms with Gasteiger partial charge in [-0.15, -0.1) is 0 Å². The monoisotopic (exact) mass is 383 g/mol. The minimum atomic E-state index is 0. The fourth-order valence-corrected chi connectivity index (χ4v) is 3.77. The molecule has 0 N–H and O–H groups in total. The van der Waals surface area contributed by atoms with Gasteiger partial charge in [0, 0.05) is 27.9 Å². The third-order valence-electron chi connectivity index (χ3n) is 5.36. The number of rotatable bonds is 4. The smallest absolute Gasteiger partial charge is 0.249 e. The average Bonchev–Trinajstić information content (AvgIpc) is 2.86. The molecule has 27 heavy (non-hydrogen) atoms. The Hall–Kier alpha value is -2.26. The molecule has 0 unspecified atom stereocenters. The number of hydrogen-bond donors (Lipinski definition) is 0. The number of hydrogen-bond acceptors (Lipinski definition) is 1. The maximum Gasteiger partial charge on any atom is 0.249 e. The molecule has 0 saturated heterocycles. The van der Waals surface area contributed by atoms with E-state index in [2.05, 4.69) is 105 Å². The maximum atomic E-state index is 2.37. The molecular formula is C23H30ClN3. The number of nitrogens with zero attached hydrogens (tertiary/aromatic N) is 3. The van der Waals surface area contributed by atoms with Crippen molar-refractivity contribution in [1.82, 2.24) is 4.57 Å². The molecule has 0 spiro atoms. The zero-order valence-corrected chi connectivity index (χ0v) is 18.2. The van der Waals surface area contributed by atoms with Crippen LogP contribution in [0.3, 0.4) is 0 Å². The van der Waals surface area contributed by atoms with Gasteiger partial charge in [0.15, 0.2) is 5.69 Å². The Morgan fingerprint density at radius 2 is 1.52 bits per heavy atom. The minimum absolute atomic E-state index is 0. The van der Waals surface area contributed by atoms with Crippen LogP contribution in [0.15, 0.2) is 42.7 Å². The van der Waals surface area contributed by atoms with Crippen LogP contribution < -0.4 is 21.9 Å². The van der Waals surface area contributed by atoms with Gasteiger partial charge in [-0.1, -0.05) is 29.8 Å². The Bertz CT molecular complexity index is 931. The molecule has 3 aromatic rings. The minimum Gasteiger partial charge on any atom is -1.00 e. The van der Waals surface area contributed by atoms with Gasteiger partial charge in [0.2, 0.25) is 6.33 Å². The van der Waals surface area contributed by atoms with Crippen molar-refractivity contribution in [2.24, 2.45) is 0 Å². The molecule has 3 nitrogen and oxygen atoms in total. The molecular weight excluding hydrogens is 354 g/mol. The van der Waals surface area contributed by atoms with Crippen LogP contribution in [0.25, 0.3) is 5.69 Å². The largest absolute Gasteiger partial charge is 1.00 e. The van der Waals surface area contributed by atoms with Crippen LogP contribution in [0.2, 0.25) is 0 Å². The molecule has 144 valence electrons. The van der Waals surface area contributed by atoms with Crippen molar-refractivity contribution in [1.29, 1.82) is 0 Å². The summed E-state index contributed by atoms with van der Waals surface area (Å²) in [6, 6.07) is 13.1. The van der Waals surface area contributed by atoms with Crippen LogP contribution in [-0.2, 0) is 6.54 Å². The summed E-state index contributed by atoms with van der Waals surface area (Å²) in [4.78, 5) is 2.17. The Kier molecular flexibility index (Phi) is 6.38. The molecule has 2 aromatic carbocycles. The second kappa shape index (κ2) is 8.18. The topological polar surface area (TPSA) is 12.0 Å². The van der Waals surface area contributed by atoms with Crippen molar-refractivity contribution < 1.29 is 17.0 Å². The van der Waals surface area contributed by atoms with E-state index in [-0.39, 0.29) is 12.4 Å². The van der Waals surface area contributed by atoms with Crippen LogP contribution >= 0.6 is 0 Å². The summed E-state index contributed by atoms with van der Waals surface area (Å²) in [5.41, 5.74) is 10.5. The second-order valence-electron chi connectivity index (χ2n) is 7.54. The first kappa shape index (κ1) is 21.0. The summed E-state index contributed by atoms with van der Waals surface area (Å²) < 4.78 is 4.68. The highest BCUT2D eigenvalue weighted by atomic mass is 35.5. The fourth-order valence-electron chi connectivity index (χ4n) is 3.77. The zero-order valence-electron chi connectivity index (χ0n) is 17.5. The number of aromatic nitrogens is 2. The van der Waals surface area contributed by atoms with Crippen LogP contribution in [0, 0.1) is 34.6 Å². The quantitative estimate of drug-likeness (QED) is 0.621. The van der Waals surface area contributed by atoms with E-state index in [4.69, 9.17) is 0 Å². The molecule has 0 bridgehead atoms. The van der Waals surface area contributed by atoms with Gasteiger partial charge in [-0.05, 0) is 49.6 Å². The van der Waals surface area contributed by atoms with Crippen molar-refractivity contribution in [3.8, 4) is 5.69 Å². The first-order chi connectivity index (χ1) is 12.3. The van der Waals surface area contributed by atoms with Crippen molar-refractivity contribution in [3.63, 3.8) is 0 Å². The number of aryl methyl sites for hydroxylation is 3. The lowest BCUT2D eigenvalue weighted by molar-refractivity contribution is -0.693. The highest BCUT2D eigenvalue weighted by Crippen LogP contribution is 2.24. The molecule has 0 aliphatic rings. The standard InChI is InChI=1S/C23H30N3.ClH/c1-16-12-17(2)21(18(3)13-16)14-25-15-26(20(5)19(25)4)23-11-9-8-10-22(23)24(6)7;/h8-13,15H,14H2,1-7H3;1H/q+1;/p-1. The molecule has 4 heteroatoms. The van der Waals surface area contributed by atoms with E-state index in [0.29, 0.717) is 0 Å². The maximum absolute atomic E-state index is 2.37. The van der Waals surface area contributed by atoms with Gasteiger partial charge in [0.1, 0.15) is 17.9 Å². The molecule has 1 heterocycles. The van der Waals surface area contributed by atoms with Gasteiger partial charge in [-0.25, -0.2) is 4.57 Å². The Morgan fingerprint density at radius 1 is 0.926 bits per heavy atom. The van der Waals surface area contributed by atoms with E-state index < -0.39 is 0 Å². The molecule has 0 radical (unpaired) electrons. The summed E-state index contributed by atoms with van der Waals surface area (Å²) in [5, 5.41) is 0. The summed E-state index contributed by atoms with van der Waals surface area (Å²) in [6.07, 6.45) is 2.24. The molecule has 0 saturated carbocycles. The van der Waals surface area contributed by atoms with Gasteiger partial charge >= 0.3 is 0 Å². The lowest BCUT2D eigenvalue weighted by Gasteiger charge is -2.15. The average molecular weight is 384 g/mol. The van der Waals surface area contributed by atoms with Gasteiger partial charge < -0.3 is 17.3 Å². The van der Waals surface area contributed by atoms with Gasteiger partial charge in [0.05, 0.1) is 5.69 Å². The summed E-state index contributed by atoms with van der Waals surface area (Å²) >= 11 is 0. The molecule has 3 rings (SSSR count). The van der Waals surface area contributed by atoms with Gasteiger partial charge in [0.25, 0.3) is 0 Å². The van der Waals surface area contributed by atoms with Gasteiger partial charge in [-0.2, -0.15) is 4.57 Å². The number of para-hydroxylation sites is 2. The third kappa shape index (κ3) is 4.03. The van der Waals surface area contributed by atoms with E-state index in [9.17, 15) is 0 Å². The molecule has 0 aliphatic heterocycles. The summed E-state index contributed by atoms with van der Waals surface area (Å²) in [6.45, 7) is 11.9. The van der Waals surface area contributed by atoms with Crippen molar-refractivity contribution in [2.75, 3.05) is 19.0 Å².